The monoisotopic (exact) mass is 400 g/mol. The standard InChI is InChI=1S/C17H15F3N2O4S/c1-21(10-11-5-3-4-6-13(11)17(18,19)20)27(24,25)12-7-8-14-15(9-12)26-16(23)22(14)2/h3-9H,10H2,1-2H3. The Morgan fingerprint density at radius 3 is 2.48 bits per heavy atom. The summed E-state index contributed by atoms with van der Waals surface area (Å²) in [6, 6.07) is 8.65. The summed E-state index contributed by atoms with van der Waals surface area (Å²) in [6.07, 6.45) is -4.59. The zero-order chi connectivity index (χ0) is 20.0. The lowest BCUT2D eigenvalue weighted by atomic mass is 10.1. The molecule has 0 fully saturated rings. The van der Waals surface area contributed by atoms with E-state index < -0.39 is 34.1 Å². The Labute approximate surface area is 152 Å². The zero-order valence-corrected chi connectivity index (χ0v) is 15.1. The van der Waals surface area contributed by atoms with E-state index in [1.165, 1.54) is 55.1 Å². The molecule has 3 rings (SSSR count). The van der Waals surface area contributed by atoms with E-state index in [4.69, 9.17) is 4.42 Å². The van der Waals surface area contributed by atoms with Gasteiger partial charge in [0.05, 0.1) is 16.0 Å². The minimum Gasteiger partial charge on any atom is -0.408 e. The summed E-state index contributed by atoms with van der Waals surface area (Å²) in [6.45, 7) is -0.464. The Hall–Kier alpha value is -2.59. The van der Waals surface area contributed by atoms with Gasteiger partial charge in [-0.15, -0.1) is 0 Å². The highest BCUT2D eigenvalue weighted by Gasteiger charge is 2.34. The lowest BCUT2D eigenvalue weighted by Gasteiger charge is -2.20. The van der Waals surface area contributed by atoms with E-state index in [0.29, 0.717) is 5.52 Å². The van der Waals surface area contributed by atoms with Crippen LogP contribution in [0.4, 0.5) is 13.2 Å². The van der Waals surface area contributed by atoms with Gasteiger partial charge in [-0.1, -0.05) is 18.2 Å². The van der Waals surface area contributed by atoms with Gasteiger partial charge in [0, 0.05) is 26.7 Å². The maximum Gasteiger partial charge on any atom is 0.419 e. The van der Waals surface area contributed by atoms with E-state index in [9.17, 15) is 26.4 Å². The number of oxazole rings is 1. The highest BCUT2D eigenvalue weighted by Crippen LogP contribution is 2.33. The van der Waals surface area contributed by atoms with Crippen LogP contribution in [0.1, 0.15) is 11.1 Å². The summed E-state index contributed by atoms with van der Waals surface area (Å²) in [5, 5.41) is 0. The van der Waals surface area contributed by atoms with Gasteiger partial charge in [0.2, 0.25) is 10.0 Å². The third-order valence-electron chi connectivity index (χ3n) is 4.19. The quantitative estimate of drug-likeness (QED) is 0.675. The van der Waals surface area contributed by atoms with Gasteiger partial charge in [-0.05, 0) is 23.8 Å². The zero-order valence-electron chi connectivity index (χ0n) is 14.3. The maximum absolute atomic E-state index is 13.1. The molecule has 144 valence electrons. The van der Waals surface area contributed by atoms with Gasteiger partial charge in [0.1, 0.15) is 0 Å². The molecule has 0 saturated heterocycles. The van der Waals surface area contributed by atoms with Crippen LogP contribution in [0.5, 0.6) is 0 Å². The fourth-order valence-electron chi connectivity index (χ4n) is 2.71. The molecule has 1 aromatic heterocycles. The molecular formula is C17H15F3N2O4S. The number of sulfonamides is 1. The molecular weight excluding hydrogens is 385 g/mol. The fourth-order valence-corrected chi connectivity index (χ4v) is 3.88. The van der Waals surface area contributed by atoms with E-state index in [1.54, 1.807) is 0 Å². The first-order chi connectivity index (χ1) is 12.5. The molecule has 0 radical (unpaired) electrons. The average molecular weight is 400 g/mol. The molecule has 0 aliphatic rings. The Kier molecular flexibility index (Phi) is 4.64. The molecule has 0 bridgehead atoms. The molecule has 0 saturated carbocycles. The lowest BCUT2D eigenvalue weighted by molar-refractivity contribution is -0.138. The number of rotatable bonds is 4. The molecule has 0 atom stereocenters. The molecule has 3 aromatic rings. The normalized spacial score (nSPS) is 12.8. The predicted molar refractivity (Wildman–Crippen MR) is 91.6 cm³/mol. The van der Waals surface area contributed by atoms with Gasteiger partial charge in [-0.3, -0.25) is 4.57 Å². The summed E-state index contributed by atoms with van der Waals surface area (Å²) in [7, 11) is -1.44. The second-order valence-electron chi connectivity index (χ2n) is 5.97. The van der Waals surface area contributed by atoms with E-state index in [0.717, 1.165) is 10.4 Å². The van der Waals surface area contributed by atoms with Crippen molar-refractivity contribution < 1.29 is 26.0 Å². The van der Waals surface area contributed by atoms with Crippen molar-refractivity contribution in [2.45, 2.75) is 17.6 Å². The number of aromatic nitrogens is 1. The predicted octanol–water partition coefficient (Wildman–Crippen LogP) is 2.97. The van der Waals surface area contributed by atoms with Gasteiger partial charge in [-0.2, -0.15) is 17.5 Å². The van der Waals surface area contributed by atoms with Crippen LogP contribution in [0.3, 0.4) is 0 Å². The molecule has 0 N–H and O–H groups in total. The average Bonchev–Trinajstić information content (AvgIpc) is 2.88. The highest BCUT2D eigenvalue weighted by molar-refractivity contribution is 7.89. The molecule has 0 aliphatic heterocycles. The van der Waals surface area contributed by atoms with Crippen molar-refractivity contribution in [3.05, 3.63) is 64.1 Å². The SMILES string of the molecule is CN(Cc1ccccc1C(F)(F)F)S(=O)(=O)c1ccc2c(c1)oc(=O)n2C. The third kappa shape index (κ3) is 3.50. The van der Waals surface area contributed by atoms with Crippen molar-refractivity contribution in [2.75, 3.05) is 7.05 Å². The van der Waals surface area contributed by atoms with Gasteiger partial charge in [-0.25, -0.2) is 13.2 Å². The summed E-state index contributed by atoms with van der Waals surface area (Å²) >= 11 is 0. The first-order valence-electron chi connectivity index (χ1n) is 7.73. The second-order valence-corrected chi connectivity index (χ2v) is 8.02. The minimum atomic E-state index is -4.59. The Morgan fingerprint density at radius 2 is 1.81 bits per heavy atom. The summed E-state index contributed by atoms with van der Waals surface area (Å²) in [5.74, 6) is -0.646. The molecule has 0 spiro atoms. The molecule has 0 aliphatic carbocycles. The van der Waals surface area contributed by atoms with Crippen LogP contribution in [0, 0.1) is 0 Å². The van der Waals surface area contributed by atoms with Gasteiger partial charge >= 0.3 is 11.9 Å². The summed E-state index contributed by atoms with van der Waals surface area (Å²) in [4.78, 5) is 11.4. The second kappa shape index (κ2) is 6.54. The van der Waals surface area contributed by atoms with Crippen LogP contribution in [-0.2, 0) is 29.8 Å². The molecule has 0 unspecified atom stereocenters. The van der Waals surface area contributed by atoms with Crippen molar-refractivity contribution >= 4 is 21.1 Å². The summed E-state index contributed by atoms with van der Waals surface area (Å²) < 4.78 is 71.9. The molecule has 0 amide bonds. The van der Waals surface area contributed by atoms with Crippen molar-refractivity contribution in [1.29, 1.82) is 0 Å². The van der Waals surface area contributed by atoms with E-state index >= 15 is 0 Å². The first kappa shape index (κ1) is 19.2. The number of hydrogen-bond acceptors (Lipinski definition) is 4. The van der Waals surface area contributed by atoms with Gasteiger partial charge < -0.3 is 4.42 Å². The van der Waals surface area contributed by atoms with Crippen LogP contribution < -0.4 is 5.76 Å². The number of alkyl halides is 3. The van der Waals surface area contributed by atoms with Crippen LogP contribution in [-0.4, -0.2) is 24.3 Å². The molecule has 2 aromatic carbocycles. The van der Waals surface area contributed by atoms with Gasteiger partial charge in [0.15, 0.2) is 5.58 Å². The van der Waals surface area contributed by atoms with Crippen molar-refractivity contribution in [3.8, 4) is 0 Å². The van der Waals surface area contributed by atoms with Crippen molar-refractivity contribution in [2.24, 2.45) is 7.05 Å². The van der Waals surface area contributed by atoms with Crippen LogP contribution >= 0.6 is 0 Å². The van der Waals surface area contributed by atoms with E-state index in [2.05, 4.69) is 0 Å². The lowest BCUT2D eigenvalue weighted by Crippen LogP contribution is -2.27. The van der Waals surface area contributed by atoms with Crippen molar-refractivity contribution in [1.82, 2.24) is 8.87 Å². The van der Waals surface area contributed by atoms with Gasteiger partial charge in [0.25, 0.3) is 0 Å². The van der Waals surface area contributed by atoms with Crippen LogP contribution in [0.15, 0.2) is 56.6 Å². The number of benzene rings is 2. The Morgan fingerprint density at radius 1 is 1.15 bits per heavy atom. The molecule has 27 heavy (non-hydrogen) atoms. The third-order valence-corrected chi connectivity index (χ3v) is 5.99. The minimum absolute atomic E-state index is 0.0765. The van der Waals surface area contributed by atoms with E-state index in [-0.39, 0.29) is 16.0 Å². The largest absolute Gasteiger partial charge is 0.419 e. The number of nitrogens with zero attached hydrogens (tertiary/aromatic N) is 2. The number of aryl methyl sites for hydroxylation is 1. The molecule has 1 heterocycles. The first-order valence-corrected chi connectivity index (χ1v) is 9.17. The highest BCUT2D eigenvalue weighted by atomic mass is 32.2. The smallest absolute Gasteiger partial charge is 0.408 e. The van der Waals surface area contributed by atoms with E-state index in [1.807, 2.05) is 0 Å². The molecule has 10 heteroatoms. The number of fused-ring (bicyclic) bond motifs is 1. The summed E-state index contributed by atoms with van der Waals surface area (Å²) in [5.41, 5.74) is -0.573. The van der Waals surface area contributed by atoms with Crippen LogP contribution in [0.25, 0.3) is 11.1 Å². The number of hydrogen-bond donors (Lipinski definition) is 0. The topological polar surface area (TPSA) is 72.5 Å². The van der Waals surface area contributed by atoms with Crippen LogP contribution in [0.2, 0.25) is 0 Å². The Balaban J connectivity index is 1.97. The molecule has 6 nitrogen and oxygen atoms in total. The maximum atomic E-state index is 13.1. The fraction of sp³-hybridized carbons (Fsp3) is 0.235. The van der Waals surface area contributed by atoms with Crippen molar-refractivity contribution in [3.63, 3.8) is 0 Å². The number of halogens is 3. The Bertz CT molecular complexity index is 1160.